The number of nitrogens with one attached hydrogen (secondary N) is 1. The number of hydrogen-bond acceptors (Lipinski definition) is 5. The fourth-order valence-electron chi connectivity index (χ4n) is 1.30. The Hall–Kier alpha value is -0.960. The lowest BCUT2D eigenvalue weighted by atomic mass is 10.3. The first-order chi connectivity index (χ1) is 7.90. The number of aryl methyl sites for hydroxylation is 1. The third-order valence-corrected chi connectivity index (χ3v) is 4.92. The summed E-state index contributed by atoms with van der Waals surface area (Å²) in [5, 5.41) is 10.4. The molecule has 0 saturated carbocycles. The van der Waals surface area contributed by atoms with E-state index >= 15 is 0 Å². The molecule has 1 heterocycles. The Labute approximate surface area is 104 Å². The van der Waals surface area contributed by atoms with Crippen molar-refractivity contribution in [3.63, 3.8) is 0 Å². The molecular weight excluding hydrogens is 264 g/mol. The lowest BCUT2D eigenvalue weighted by Gasteiger charge is -2.06. The maximum Gasteiger partial charge on any atom is 0.347 e. The van der Waals surface area contributed by atoms with Crippen molar-refractivity contribution >= 4 is 27.3 Å². The first kappa shape index (κ1) is 14.1. The monoisotopic (exact) mass is 278 g/mol. The summed E-state index contributed by atoms with van der Waals surface area (Å²) in [6, 6.07) is 0. The maximum atomic E-state index is 11.9. The molecule has 0 atom stereocenters. The molecule has 0 bridgehead atoms. The van der Waals surface area contributed by atoms with E-state index in [1.807, 2.05) is 0 Å². The van der Waals surface area contributed by atoms with Crippen LogP contribution in [0, 0.1) is 6.92 Å². The summed E-state index contributed by atoms with van der Waals surface area (Å²) < 4.78 is 26.1. The van der Waals surface area contributed by atoms with E-state index in [0.717, 1.165) is 11.3 Å². The fraction of sp³-hybridized carbons (Fsp3) is 0.444. The van der Waals surface area contributed by atoms with Crippen molar-refractivity contribution in [2.24, 2.45) is 5.73 Å². The topological polar surface area (TPSA) is 109 Å². The minimum absolute atomic E-state index is 0.146. The van der Waals surface area contributed by atoms with Crippen molar-refractivity contribution in [2.75, 3.05) is 13.1 Å². The summed E-state index contributed by atoms with van der Waals surface area (Å²) in [6.45, 7) is 2.14. The van der Waals surface area contributed by atoms with Gasteiger partial charge in [-0.25, -0.2) is 17.9 Å². The SMILES string of the molecule is Cc1csc(C(=O)O)c1S(=O)(=O)NCCCN. The number of nitrogens with two attached hydrogens (primary N) is 1. The van der Waals surface area contributed by atoms with Gasteiger partial charge in [0, 0.05) is 6.54 Å². The standard InChI is InChI=1S/C9H14N2O4S2/c1-6-5-16-7(9(12)13)8(6)17(14,15)11-4-2-3-10/h5,11H,2-4,10H2,1H3,(H,12,13). The first-order valence-electron chi connectivity index (χ1n) is 4.91. The zero-order valence-corrected chi connectivity index (χ0v) is 10.9. The zero-order valence-electron chi connectivity index (χ0n) is 9.26. The van der Waals surface area contributed by atoms with Crippen molar-refractivity contribution in [3.05, 3.63) is 15.8 Å². The molecule has 96 valence electrons. The van der Waals surface area contributed by atoms with Crippen LogP contribution in [-0.2, 0) is 10.0 Å². The van der Waals surface area contributed by atoms with Gasteiger partial charge in [0.1, 0.15) is 9.77 Å². The molecule has 1 rings (SSSR count). The van der Waals surface area contributed by atoms with E-state index in [1.165, 1.54) is 5.38 Å². The molecule has 0 radical (unpaired) electrons. The quantitative estimate of drug-likeness (QED) is 0.652. The molecular formula is C9H14N2O4S2. The molecule has 0 spiro atoms. The van der Waals surface area contributed by atoms with Gasteiger partial charge < -0.3 is 10.8 Å². The van der Waals surface area contributed by atoms with Crippen LogP contribution >= 0.6 is 11.3 Å². The summed E-state index contributed by atoms with van der Waals surface area (Å²) >= 11 is 0.907. The van der Waals surface area contributed by atoms with E-state index in [1.54, 1.807) is 6.92 Å². The molecule has 0 fully saturated rings. The third kappa shape index (κ3) is 3.25. The van der Waals surface area contributed by atoms with Crippen LogP contribution in [0.1, 0.15) is 21.7 Å². The molecule has 1 aromatic rings. The summed E-state index contributed by atoms with van der Waals surface area (Å²) in [5.41, 5.74) is 5.70. The Bertz CT molecular complexity index is 507. The maximum absolute atomic E-state index is 11.9. The van der Waals surface area contributed by atoms with Gasteiger partial charge in [0.15, 0.2) is 0 Å². The van der Waals surface area contributed by atoms with Crippen LogP contribution in [-0.4, -0.2) is 32.6 Å². The highest BCUT2D eigenvalue weighted by molar-refractivity contribution is 7.89. The molecule has 0 aromatic carbocycles. The van der Waals surface area contributed by atoms with Gasteiger partial charge >= 0.3 is 5.97 Å². The highest BCUT2D eigenvalue weighted by Crippen LogP contribution is 2.26. The van der Waals surface area contributed by atoms with Crippen LogP contribution in [0.25, 0.3) is 0 Å². The molecule has 1 aromatic heterocycles. The molecule has 17 heavy (non-hydrogen) atoms. The first-order valence-corrected chi connectivity index (χ1v) is 7.27. The van der Waals surface area contributed by atoms with Gasteiger partial charge in [-0.3, -0.25) is 0 Å². The van der Waals surface area contributed by atoms with Gasteiger partial charge in [0.25, 0.3) is 0 Å². The second-order valence-electron chi connectivity index (χ2n) is 3.42. The lowest BCUT2D eigenvalue weighted by molar-refractivity contribution is 0.0698. The van der Waals surface area contributed by atoms with Crippen LogP contribution < -0.4 is 10.5 Å². The number of sulfonamides is 1. The molecule has 0 saturated heterocycles. The molecule has 0 amide bonds. The van der Waals surface area contributed by atoms with E-state index < -0.39 is 16.0 Å². The van der Waals surface area contributed by atoms with Crippen molar-refractivity contribution in [1.82, 2.24) is 4.72 Å². The predicted octanol–water partition coefficient (Wildman–Crippen LogP) is 0.382. The van der Waals surface area contributed by atoms with E-state index in [9.17, 15) is 13.2 Å². The normalized spacial score (nSPS) is 11.6. The van der Waals surface area contributed by atoms with Crippen molar-refractivity contribution in [3.8, 4) is 0 Å². The Balaban J connectivity index is 3.06. The third-order valence-electron chi connectivity index (χ3n) is 2.05. The number of hydrogen-bond donors (Lipinski definition) is 3. The van der Waals surface area contributed by atoms with Gasteiger partial charge in [-0.1, -0.05) is 0 Å². The predicted molar refractivity (Wildman–Crippen MR) is 64.9 cm³/mol. The van der Waals surface area contributed by atoms with Crippen LogP contribution in [0.15, 0.2) is 10.3 Å². The van der Waals surface area contributed by atoms with E-state index in [-0.39, 0.29) is 16.3 Å². The summed E-state index contributed by atoms with van der Waals surface area (Å²) in [6.07, 6.45) is 0.505. The Morgan fingerprint density at radius 1 is 1.59 bits per heavy atom. The highest BCUT2D eigenvalue weighted by atomic mass is 32.2. The van der Waals surface area contributed by atoms with Crippen molar-refractivity contribution < 1.29 is 18.3 Å². The van der Waals surface area contributed by atoms with Gasteiger partial charge in [-0.15, -0.1) is 11.3 Å². The van der Waals surface area contributed by atoms with Crippen LogP contribution in [0.3, 0.4) is 0 Å². The van der Waals surface area contributed by atoms with E-state index in [2.05, 4.69) is 4.72 Å². The molecule has 0 aliphatic heterocycles. The Morgan fingerprint density at radius 3 is 2.76 bits per heavy atom. The minimum atomic E-state index is -3.77. The average molecular weight is 278 g/mol. The average Bonchev–Trinajstić information content (AvgIpc) is 2.61. The number of carbonyl (C=O) groups is 1. The van der Waals surface area contributed by atoms with Crippen molar-refractivity contribution in [1.29, 1.82) is 0 Å². The van der Waals surface area contributed by atoms with Gasteiger partial charge in [0.05, 0.1) is 0 Å². The number of carboxylic acids is 1. The number of thiophene rings is 1. The molecule has 4 N–H and O–H groups in total. The summed E-state index contributed by atoms with van der Waals surface area (Å²) in [4.78, 5) is 10.6. The van der Waals surface area contributed by atoms with Gasteiger partial charge in [-0.05, 0) is 30.8 Å². The minimum Gasteiger partial charge on any atom is -0.477 e. The second kappa shape index (κ2) is 5.58. The van der Waals surface area contributed by atoms with E-state index in [4.69, 9.17) is 10.8 Å². The number of carboxylic acid groups (broad SMARTS) is 1. The van der Waals surface area contributed by atoms with Crippen LogP contribution in [0.2, 0.25) is 0 Å². The lowest BCUT2D eigenvalue weighted by Crippen LogP contribution is -2.27. The highest BCUT2D eigenvalue weighted by Gasteiger charge is 2.26. The fourth-order valence-corrected chi connectivity index (χ4v) is 4.00. The van der Waals surface area contributed by atoms with Crippen LogP contribution in [0.4, 0.5) is 0 Å². The zero-order chi connectivity index (χ0) is 13.1. The van der Waals surface area contributed by atoms with Crippen molar-refractivity contribution in [2.45, 2.75) is 18.2 Å². The number of aromatic carboxylic acids is 1. The van der Waals surface area contributed by atoms with E-state index in [0.29, 0.717) is 18.5 Å². The van der Waals surface area contributed by atoms with Gasteiger partial charge in [-0.2, -0.15) is 0 Å². The van der Waals surface area contributed by atoms with Gasteiger partial charge in [0.2, 0.25) is 10.0 Å². The molecule has 0 aliphatic rings. The molecule has 0 unspecified atom stereocenters. The smallest absolute Gasteiger partial charge is 0.347 e. The summed E-state index contributed by atoms with van der Waals surface area (Å²) in [7, 11) is -3.77. The molecule has 8 heteroatoms. The summed E-state index contributed by atoms with van der Waals surface area (Å²) in [5.74, 6) is -1.23. The Kier molecular flexibility index (Phi) is 4.63. The largest absolute Gasteiger partial charge is 0.477 e. The second-order valence-corrected chi connectivity index (χ2v) is 6.01. The number of rotatable bonds is 6. The molecule has 0 aliphatic carbocycles. The molecule has 6 nitrogen and oxygen atoms in total. The van der Waals surface area contributed by atoms with Crippen LogP contribution in [0.5, 0.6) is 0 Å². The Morgan fingerprint density at radius 2 is 2.24 bits per heavy atom.